The molecule has 0 aromatic rings. The Bertz CT molecular complexity index is 723. The van der Waals surface area contributed by atoms with Crippen LogP contribution < -0.4 is 10.7 Å². The number of carbonyl (C=O) groups is 2. The first-order chi connectivity index (χ1) is 16.5. The normalized spacial score (nSPS) is 36.4. The molecule has 2 amide bonds. The van der Waals surface area contributed by atoms with Crippen molar-refractivity contribution in [3.63, 3.8) is 0 Å². The van der Waals surface area contributed by atoms with Gasteiger partial charge in [0.25, 0.3) is 0 Å². The van der Waals surface area contributed by atoms with E-state index in [1.807, 2.05) is 4.90 Å². The molecule has 3 saturated heterocycles. The third-order valence-electron chi connectivity index (χ3n) is 9.34. The number of hydrogen-bond acceptors (Lipinski definition) is 6. The zero-order valence-electron chi connectivity index (χ0n) is 21.2. The van der Waals surface area contributed by atoms with Crippen LogP contribution in [0.4, 0.5) is 4.79 Å². The van der Waals surface area contributed by atoms with Crippen molar-refractivity contribution in [2.75, 3.05) is 32.7 Å². The van der Waals surface area contributed by atoms with Crippen LogP contribution in [0.25, 0.3) is 0 Å². The number of nitrogens with zero attached hydrogens (tertiary/aromatic N) is 3. The molecule has 3 heterocycles. The van der Waals surface area contributed by atoms with E-state index in [9.17, 15) is 9.59 Å². The number of amides is 2. The van der Waals surface area contributed by atoms with Crippen LogP contribution in [0.2, 0.25) is 0 Å². The summed E-state index contributed by atoms with van der Waals surface area (Å²) in [5, 5.41) is 5.97. The molecule has 5 aliphatic rings. The molecule has 0 radical (unpaired) electrons. The van der Waals surface area contributed by atoms with Gasteiger partial charge in [0.05, 0.1) is 12.1 Å². The highest BCUT2D eigenvalue weighted by Gasteiger charge is 2.48. The zero-order chi connectivity index (χ0) is 23.7. The molecule has 0 spiro atoms. The average molecular weight is 476 g/mol. The summed E-state index contributed by atoms with van der Waals surface area (Å²) in [5.74, 6) is 1.32. The molecule has 8 nitrogen and oxygen atoms in total. The summed E-state index contributed by atoms with van der Waals surface area (Å²) in [7, 11) is 0. The molecule has 8 heteroatoms. The lowest BCUT2D eigenvalue weighted by atomic mass is 9.73. The monoisotopic (exact) mass is 475 g/mol. The first-order valence-corrected chi connectivity index (χ1v) is 14.0. The third-order valence-corrected chi connectivity index (χ3v) is 9.34. The van der Waals surface area contributed by atoms with Crippen molar-refractivity contribution < 1.29 is 14.3 Å². The second-order valence-electron chi connectivity index (χ2n) is 11.5. The van der Waals surface area contributed by atoms with E-state index >= 15 is 0 Å². The lowest BCUT2D eigenvalue weighted by Gasteiger charge is -2.54. The second-order valence-corrected chi connectivity index (χ2v) is 11.5. The molecule has 0 aromatic heterocycles. The van der Waals surface area contributed by atoms with Crippen molar-refractivity contribution in [2.45, 2.75) is 108 Å². The number of carbonyl (C=O) groups excluding carboxylic acids is 2. The fourth-order valence-electron chi connectivity index (χ4n) is 7.56. The fraction of sp³-hybridized carbons (Fsp3) is 0.923. The molecule has 5 rings (SSSR count). The van der Waals surface area contributed by atoms with Crippen LogP contribution in [0.1, 0.15) is 78.1 Å². The van der Waals surface area contributed by atoms with Crippen LogP contribution in [0, 0.1) is 11.8 Å². The Kier molecular flexibility index (Phi) is 7.66. The standard InChI is InChI=1S/C26H45N5O3/c1-18-16-29(26(33)34-23-6-4-3-5-7-23)25-14-20(8-9-24(25)31(18)19(2)32)21-15-28-30(17-21)22-10-12-27-13-11-22/h18,20-25,27-28H,3-17H2,1-2H3/t18-,20?,21?,24?,25?/m0/s1. The number of piperidine rings is 1. The molecule has 2 N–H and O–H groups in total. The van der Waals surface area contributed by atoms with Crippen molar-refractivity contribution in [3.8, 4) is 0 Å². The molecule has 5 fully saturated rings. The lowest BCUT2D eigenvalue weighted by molar-refractivity contribution is -0.142. The molecule has 4 unspecified atom stereocenters. The summed E-state index contributed by atoms with van der Waals surface area (Å²) >= 11 is 0. The van der Waals surface area contributed by atoms with E-state index in [0.717, 1.165) is 71.1 Å². The molecule has 2 saturated carbocycles. The molecule has 0 bridgehead atoms. The fourth-order valence-corrected chi connectivity index (χ4v) is 7.56. The van der Waals surface area contributed by atoms with Crippen LogP contribution in [-0.4, -0.2) is 89.8 Å². The van der Waals surface area contributed by atoms with Gasteiger partial charge in [-0.2, -0.15) is 0 Å². The van der Waals surface area contributed by atoms with Crippen molar-refractivity contribution in [1.29, 1.82) is 0 Å². The highest BCUT2D eigenvalue weighted by atomic mass is 16.6. The van der Waals surface area contributed by atoms with Gasteiger partial charge in [-0.1, -0.05) is 6.42 Å². The van der Waals surface area contributed by atoms with Gasteiger partial charge in [-0.25, -0.2) is 9.80 Å². The molecule has 34 heavy (non-hydrogen) atoms. The lowest BCUT2D eigenvalue weighted by Crippen LogP contribution is -2.67. The summed E-state index contributed by atoms with van der Waals surface area (Å²) in [6, 6.07) is 0.861. The Hall–Kier alpha value is -1.38. The Morgan fingerprint density at radius 1 is 0.882 bits per heavy atom. The van der Waals surface area contributed by atoms with Crippen molar-refractivity contribution >= 4 is 12.0 Å². The quantitative estimate of drug-likeness (QED) is 0.654. The average Bonchev–Trinajstić information content (AvgIpc) is 3.34. The Labute approximate surface area is 205 Å². The minimum absolute atomic E-state index is 0.0396. The number of hydrazine groups is 1. The number of nitrogens with one attached hydrogen (secondary N) is 2. The maximum absolute atomic E-state index is 13.4. The molecule has 5 atom stereocenters. The highest BCUT2D eigenvalue weighted by molar-refractivity contribution is 5.75. The van der Waals surface area contributed by atoms with Gasteiger partial charge in [-0.15, -0.1) is 0 Å². The number of rotatable bonds is 3. The summed E-state index contributed by atoms with van der Waals surface area (Å²) < 4.78 is 6.04. The Morgan fingerprint density at radius 2 is 1.65 bits per heavy atom. The molecular formula is C26H45N5O3. The predicted octanol–water partition coefficient (Wildman–Crippen LogP) is 2.73. The summed E-state index contributed by atoms with van der Waals surface area (Å²) in [6.45, 7) is 8.71. The second kappa shape index (κ2) is 10.7. The van der Waals surface area contributed by atoms with Gasteiger partial charge in [0.15, 0.2) is 0 Å². The topological polar surface area (TPSA) is 77.2 Å². The third kappa shape index (κ3) is 5.09. The maximum Gasteiger partial charge on any atom is 0.410 e. The summed E-state index contributed by atoms with van der Waals surface area (Å²) in [5.41, 5.74) is 3.70. The van der Waals surface area contributed by atoms with E-state index < -0.39 is 0 Å². The van der Waals surface area contributed by atoms with Crippen molar-refractivity contribution in [1.82, 2.24) is 25.6 Å². The Balaban J connectivity index is 1.27. The first-order valence-electron chi connectivity index (χ1n) is 14.0. The maximum atomic E-state index is 13.4. The SMILES string of the molecule is CC(=O)N1C2CCC(C3CNN(C4CCNCC4)C3)CC2N(C(=O)OC2CCCCC2)C[C@@H]1C. The highest BCUT2D eigenvalue weighted by Crippen LogP contribution is 2.40. The molecular weight excluding hydrogens is 430 g/mol. The molecule has 2 aliphatic carbocycles. The van der Waals surface area contributed by atoms with Crippen LogP contribution in [-0.2, 0) is 9.53 Å². The van der Waals surface area contributed by atoms with Crippen LogP contribution >= 0.6 is 0 Å². The first kappa shape index (κ1) is 24.3. The molecule has 0 aromatic carbocycles. The summed E-state index contributed by atoms with van der Waals surface area (Å²) in [4.78, 5) is 30.1. The van der Waals surface area contributed by atoms with Crippen LogP contribution in [0.15, 0.2) is 0 Å². The van der Waals surface area contributed by atoms with Gasteiger partial charge in [0, 0.05) is 38.6 Å². The predicted molar refractivity (Wildman–Crippen MR) is 131 cm³/mol. The molecule has 3 aliphatic heterocycles. The van der Waals surface area contributed by atoms with E-state index in [-0.39, 0.29) is 36.2 Å². The van der Waals surface area contributed by atoms with Gasteiger partial charge in [0.2, 0.25) is 5.91 Å². The number of piperazine rings is 1. The van der Waals surface area contributed by atoms with E-state index in [1.54, 1.807) is 6.92 Å². The zero-order valence-corrected chi connectivity index (χ0v) is 21.2. The number of fused-ring (bicyclic) bond motifs is 1. The van der Waals surface area contributed by atoms with Gasteiger partial charge < -0.3 is 19.9 Å². The number of ether oxygens (including phenoxy) is 1. The van der Waals surface area contributed by atoms with Gasteiger partial charge in [0.1, 0.15) is 6.10 Å². The van der Waals surface area contributed by atoms with Crippen molar-refractivity contribution in [2.24, 2.45) is 11.8 Å². The van der Waals surface area contributed by atoms with Gasteiger partial charge >= 0.3 is 6.09 Å². The summed E-state index contributed by atoms with van der Waals surface area (Å²) in [6.07, 6.45) is 11.0. The smallest absolute Gasteiger partial charge is 0.410 e. The van der Waals surface area contributed by atoms with E-state index in [2.05, 4.69) is 27.6 Å². The van der Waals surface area contributed by atoms with E-state index in [0.29, 0.717) is 24.4 Å². The molecule has 192 valence electrons. The minimum atomic E-state index is -0.140. The van der Waals surface area contributed by atoms with Crippen LogP contribution in [0.3, 0.4) is 0 Å². The minimum Gasteiger partial charge on any atom is -0.446 e. The largest absolute Gasteiger partial charge is 0.446 e. The van der Waals surface area contributed by atoms with Crippen molar-refractivity contribution in [3.05, 3.63) is 0 Å². The van der Waals surface area contributed by atoms with Gasteiger partial charge in [-0.05, 0) is 89.6 Å². The van der Waals surface area contributed by atoms with E-state index in [1.165, 1.54) is 19.3 Å². The Morgan fingerprint density at radius 3 is 2.38 bits per heavy atom. The van der Waals surface area contributed by atoms with Gasteiger partial charge in [-0.3, -0.25) is 10.2 Å². The van der Waals surface area contributed by atoms with Crippen LogP contribution in [0.5, 0.6) is 0 Å². The van der Waals surface area contributed by atoms with E-state index in [4.69, 9.17) is 4.74 Å². The number of hydrogen-bond donors (Lipinski definition) is 2.